The Morgan fingerprint density at radius 3 is 2.27 bits per heavy atom. The SMILES string of the molecule is CCC(C)S(=O)(=O)NOC(=O)C(F)(F)F. The van der Waals surface area contributed by atoms with Crippen molar-refractivity contribution in [1.82, 2.24) is 4.89 Å². The lowest BCUT2D eigenvalue weighted by Gasteiger charge is -2.11. The van der Waals surface area contributed by atoms with Gasteiger partial charge in [-0.2, -0.15) is 13.2 Å². The summed E-state index contributed by atoms with van der Waals surface area (Å²) in [6.45, 7) is 2.79. The van der Waals surface area contributed by atoms with Crippen molar-refractivity contribution < 1.29 is 31.2 Å². The number of carbonyl (C=O) groups excluding carboxylic acids is 1. The third kappa shape index (κ3) is 4.47. The molecule has 0 rings (SSSR count). The van der Waals surface area contributed by atoms with Crippen LogP contribution < -0.4 is 4.89 Å². The van der Waals surface area contributed by atoms with E-state index in [1.54, 1.807) is 0 Å². The Hall–Kier alpha value is -0.830. The highest BCUT2D eigenvalue weighted by atomic mass is 32.2. The fourth-order valence-electron chi connectivity index (χ4n) is 0.455. The van der Waals surface area contributed by atoms with Crippen molar-refractivity contribution in [2.75, 3.05) is 0 Å². The number of alkyl halides is 3. The lowest BCUT2D eigenvalue weighted by atomic mass is 10.4. The monoisotopic (exact) mass is 249 g/mol. The van der Waals surface area contributed by atoms with Crippen LogP contribution in [-0.2, 0) is 19.7 Å². The maximum absolute atomic E-state index is 11.6. The topological polar surface area (TPSA) is 72.5 Å². The van der Waals surface area contributed by atoms with Gasteiger partial charge in [0, 0.05) is 0 Å². The van der Waals surface area contributed by atoms with E-state index >= 15 is 0 Å². The summed E-state index contributed by atoms with van der Waals surface area (Å²) in [6.07, 6.45) is -5.04. The van der Waals surface area contributed by atoms with Gasteiger partial charge in [0.1, 0.15) is 0 Å². The van der Waals surface area contributed by atoms with Crippen LogP contribution in [0.5, 0.6) is 0 Å². The van der Waals surface area contributed by atoms with Crippen molar-refractivity contribution in [3.63, 3.8) is 0 Å². The van der Waals surface area contributed by atoms with Gasteiger partial charge < -0.3 is 4.84 Å². The van der Waals surface area contributed by atoms with Crippen LogP contribution in [0.25, 0.3) is 0 Å². The number of nitrogens with one attached hydrogen (secondary N) is 1. The van der Waals surface area contributed by atoms with Gasteiger partial charge in [0.2, 0.25) is 10.0 Å². The third-order valence-electron chi connectivity index (χ3n) is 1.59. The molecule has 0 aliphatic carbocycles. The molecule has 0 amide bonds. The summed E-state index contributed by atoms with van der Waals surface area (Å²) in [7, 11) is -4.06. The van der Waals surface area contributed by atoms with E-state index in [0.29, 0.717) is 0 Å². The highest BCUT2D eigenvalue weighted by Crippen LogP contribution is 2.16. The quantitative estimate of drug-likeness (QED) is 0.745. The van der Waals surface area contributed by atoms with Gasteiger partial charge in [0.25, 0.3) is 0 Å². The number of hydrogen-bond donors (Lipinski definition) is 1. The summed E-state index contributed by atoms with van der Waals surface area (Å²) < 4.78 is 56.9. The third-order valence-corrected chi connectivity index (χ3v) is 3.30. The van der Waals surface area contributed by atoms with E-state index in [4.69, 9.17) is 0 Å². The van der Waals surface area contributed by atoms with Crippen LogP contribution >= 0.6 is 0 Å². The molecule has 9 heteroatoms. The van der Waals surface area contributed by atoms with Crippen LogP contribution in [0.4, 0.5) is 13.2 Å². The van der Waals surface area contributed by atoms with Crippen LogP contribution in [0.2, 0.25) is 0 Å². The molecule has 0 aromatic rings. The molecule has 0 bridgehead atoms. The Bertz CT molecular complexity index is 324. The van der Waals surface area contributed by atoms with Crippen LogP contribution in [0.15, 0.2) is 0 Å². The summed E-state index contributed by atoms with van der Waals surface area (Å²) in [6, 6.07) is 0. The summed E-state index contributed by atoms with van der Waals surface area (Å²) in [5.74, 6) is -2.60. The molecule has 0 radical (unpaired) electrons. The van der Waals surface area contributed by atoms with Crippen LogP contribution in [0.1, 0.15) is 20.3 Å². The molecule has 0 aliphatic rings. The zero-order chi connectivity index (χ0) is 12.3. The van der Waals surface area contributed by atoms with E-state index in [9.17, 15) is 26.4 Å². The van der Waals surface area contributed by atoms with Gasteiger partial charge >= 0.3 is 12.1 Å². The Balaban J connectivity index is 4.36. The van der Waals surface area contributed by atoms with Crippen molar-refractivity contribution in [2.24, 2.45) is 0 Å². The molecule has 5 nitrogen and oxygen atoms in total. The molecule has 15 heavy (non-hydrogen) atoms. The van der Waals surface area contributed by atoms with Crippen molar-refractivity contribution in [2.45, 2.75) is 31.7 Å². The second-order valence-electron chi connectivity index (χ2n) is 2.73. The first-order chi connectivity index (χ1) is 6.61. The molecule has 0 aromatic carbocycles. The fraction of sp³-hybridized carbons (Fsp3) is 0.833. The standard InChI is InChI=1S/C6H10F3NO4S/c1-3-4(2)15(12,13)10-14-5(11)6(7,8)9/h4,10H,3H2,1-2H3. The van der Waals surface area contributed by atoms with Gasteiger partial charge in [-0.25, -0.2) is 13.2 Å². The largest absolute Gasteiger partial charge is 0.492 e. The van der Waals surface area contributed by atoms with Crippen LogP contribution in [-0.4, -0.2) is 25.8 Å². The van der Waals surface area contributed by atoms with Crippen molar-refractivity contribution in [3.05, 3.63) is 0 Å². The maximum atomic E-state index is 11.6. The van der Waals surface area contributed by atoms with Crippen LogP contribution in [0, 0.1) is 0 Å². The number of rotatable bonds is 4. The molecule has 0 fully saturated rings. The van der Waals surface area contributed by atoms with E-state index in [1.165, 1.54) is 13.8 Å². The minimum absolute atomic E-state index is 0.179. The van der Waals surface area contributed by atoms with Gasteiger partial charge in [0.15, 0.2) is 0 Å². The van der Waals surface area contributed by atoms with E-state index < -0.39 is 27.4 Å². The zero-order valence-corrected chi connectivity index (χ0v) is 8.78. The molecule has 0 spiro atoms. The molecule has 1 atom stereocenters. The minimum Gasteiger partial charge on any atom is -0.348 e. The van der Waals surface area contributed by atoms with E-state index in [0.717, 1.165) is 4.89 Å². The van der Waals surface area contributed by atoms with Gasteiger partial charge in [-0.3, -0.25) is 0 Å². The van der Waals surface area contributed by atoms with Gasteiger partial charge in [0.05, 0.1) is 5.25 Å². The lowest BCUT2D eigenvalue weighted by molar-refractivity contribution is -0.203. The minimum atomic E-state index is -5.22. The Labute approximate surface area is 84.6 Å². The van der Waals surface area contributed by atoms with Gasteiger partial charge in [-0.15, -0.1) is 0 Å². The molecule has 1 N–H and O–H groups in total. The van der Waals surface area contributed by atoms with E-state index in [-0.39, 0.29) is 6.42 Å². The molecule has 1 unspecified atom stereocenters. The average Bonchev–Trinajstić information content (AvgIpc) is 2.11. The fourth-order valence-corrected chi connectivity index (χ4v) is 1.25. The predicted octanol–water partition coefficient (Wildman–Crippen LogP) is 0.725. The summed E-state index contributed by atoms with van der Waals surface area (Å²) >= 11 is 0. The number of sulfonamides is 1. The highest BCUT2D eigenvalue weighted by Gasteiger charge is 2.42. The molecule has 0 saturated heterocycles. The predicted molar refractivity (Wildman–Crippen MR) is 44.0 cm³/mol. The average molecular weight is 249 g/mol. The van der Waals surface area contributed by atoms with Crippen molar-refractivity contribution in [3.8, 4) is 0 Å². The molecule has 0 saturated carbocycles. The lowest BCUT2D eigenvalue weighted by Crippen LogP contribution is -2.38. The van der Waals surface area contributed by atoms with Gasteiger partial charge in [-0.05, 0) is 18.2 Å². The molecule has 0 aromatic heterocycles. The first-order valence-corrected chi connectivity index (χ1v) is 5.44. The van der Waals surface area contributed by atoms with Crippen molar-refractivity contribution in [1.29, 1.82) is 0 Å². The molecule has 0 aliphatic heterocycles. The van der Waals surface area contributed by atoms with Crippen LogP contribution in [0.3, 0.4) is 0 Å². The summed E-state index contributed by atoms with van der Waals surface area (Å²) in [5, 5.41) is -0.946. The van der Waals surface area contributed by atoms with E-state index in [2.05, 4.69) is 4.84 Å². The Morgan fingerprint density at radius 2 is 1.93 bits per heavy atom. The number of halogens is 3. The molecule has 90 valence electrons. The number of hydrogen-bond acceptors (Lipinski definition) is 4. The first kappa shape index (κ1) is 14.2. The van der Waals surface area contributed by atoms with Crippen molar-refractivity contribution >= 4 is 16.0 Å². The second kappa shape index (κ2) is 4.79. The smallest absolute Gasteiger partial charge is 0.348 e. The van der Waals surface area contributed by atoms with Gasteiger partial charge in [-0.1, -0.05) is 6.92 Å². The second-order valence-corrected chi connectivity index (χ2v) is 4.80. The molecule has 0 heterocycles. The molecular formula is C6H10F3NO4S. The highest BCUT2D eigenvalue weighted by molar-refractivity contribution is 7.89. The Kier molecular flexibility index (Phi) is 4.53. The summed E-state index contributed by atoms with van der Waals surface area (Å²) in [5.41, 5.74) is 0. The zero-order valence-electron chi connectivity index (χ0n) is 7.96. The normalized spacial score (nSPS) is 14.7. The molecular weight excluding hydrogens is 239 g/mol. The number of carbonyl (C=O) groups is 1. The van der Waals surface area contributed by atoms with E-state index in [1.807, 2.05) is 0 Å². The maximum Gasteiger partial charge on any atom is 0.492 e. The summed E-state index contributed by atoms with van der Waals surface area (Å²) in [4.78, 5) is 14.7. The first-order valence-electron chi connectivity index (χ1n) is 3.90. The Morgan fingerprint density at radius 1 is 1.47 bits per heavy atom.